The summed E-state index contributed by atoms with van der Waals surface area (Å²) in [7, 11) is 0. The molecular formula is C29H33F3N6O2S2. The molecule has 1 saturated carbocycles. The lowest BCUT2D eigenvalue weighted by Crippen LogP contribution is -2.54. The maximum absolute atomic E-state index is 14.0. The van der Waals surface area contributed by atoms with E-state index in [1.807, 2.05) is 12.1 Å². The number of ether oxygens (including phenoxy) is 1. The Kier molecular flexibility index (Phi) is 7.80. The van der Waals surface area contributed by atoms with E-state index in [1.54, 1.807) is 17.8 Å². The number of nitrogens with zero attached hydrogens (tertiary/aromatic N) is 5. The summed E-state index contributed by atoms with van der Waals surface area (Å²) >= 11 is 2.89. The highest BCUT2D eigenvalue weighted by Gasteiger charge is 2.40. The zero-order valence-electron chi connectivity index (χ0n) is 23.1. The molecule has 2 saturated heterocycles. The van der Waals surface area contributed by atoms with Crippen LogP contribution in [0.4, 0.5) is 30.6 Å². The molecule has 0 aromatic carbocycles. The Balaban J connectivity index is 1.16. The molecule has 2 atom stereocenters. The molecule has 6 heterocycles. The molecular weight excluding hydrogens is 585 g/mol. The predicted octanol–water partition coefficient (Wildman–Crippen LogP) is 5.90. The summed E-state index contributed by atoms with van der Waals surface area (Å²) in [6.45, 7) is 3.98. The first kappa shape index (κ1) is 28.3. The summed E-state index contributed by atoms with van der Waals surface area (Å²) in [5.74, 6) is 2.14. The molecule has 4 aliphatic rings. The topological polar surface area (TPSA) is 86.6 Å². The maximum atomic E-state index is 14.0. The Labute approximate surface area is 250 Å². The number of anilines is 3. The molecule has 2 N–H and O–H groups in total. The molecule has 13 heteroatoms. The highest BCUT2D eigenvalue weighted by Crippen LogP contribution is 2.45. The number of thioether (sulfide) groups is 1. The number of hydrogen-bond donors (Lipinski definition) is 2. The summed E-state index contributed by atoms with van der Waals surface area (Å²) in [6, 6.07) is 6.70. The van der Waals surface area contributed by atoms with Crippen LogP contribution in [0.5, 0.6) is 0 Å². The molecule has 8 nitrogen and oxygen atoms in total. The normalized spacial score (nSPS) is 22.7. The minimum absolute atomic E-state index is 0.120. The summed E-state index contributed by atoms with van der Waals surface area (Å²) in [5.41, 5.74) is 0.691. The molecule has 2 unspecified atom stereocenters. The zero-order chi connectivity index (χ0) is 28.8. The van der Waals surface area contributed by atoms with Gasteiger partial charge in [-0.25, -0.2) is 15.0 Å². The van der Waals surface area contributed by atoms with Crippen molar-refractivity contribution in [3.8, 4) is 10.6 Å². The summed E-state index contributed by atoms with van der Waals surface area (Å²) < 4.78 is 47.7. The lowest BCUT2D eigenvalue weighted by atomic mass is 10.1. The molecule has 3 fully saturated rings. The third kappa shape index (κ3) is 5.73. The first-order valence-corrected chi connectivity index (χ1v) is 16.3. The molecule has 2 bridgehead atoms. The Morgan fingerprint density at radius 1 is 1.10 bits per heavy atom. The molecule has 42 heavy (non-hydrogen) atoms. The van der Waals surface area contributed by atoms with Gasteiger partial charge in [-0.05, 0) is 50.3 Å². The molecule has 224 valence electrons. The van der Waals surface area contributed by atoms with Gasteiger partial charge in [-0.1, -0.05) is 0 Å². The van der Waals surface area contributed by atoms with Crippen LogP contribution in [0.3, 0.4) is 0 Å². The van der Waals surface area contributed by atoms with E-state index in [2.05, 4.69) is 25.1 Å². The van der Waals surface area contributed by atoms with E-state index in [0.717, 1.165) is 90.7 Å². The van der Waals surface area contributed by atoms with Gasteiger partial charge in [0.1, 0.15) is 11.4 Å². The first-order chi connectivity index (χ1) is 20.4. The standard InChI is InChI=1S/C29H33F3N6O2S2/c30-29(31,32)20-13-33-28(36-27(20)23-12-22-24(42-23)16-40-10-11-41-22)34-21-6-7-25(35-26(21)17-2-3-17)37-14-18-4-5-19(15-37)38(18)8-1-9-39/h6-7,12-13,17-19,39H,1-5,8-11,14-16H2,(H,33,34,36). The van der Waals surface area contributed by atoms with Gasteiger partial charge in [0.15, 0.2) is 0 Å². The van der Waals surface area contributed by atoms with Crippen LogP contribution in [0.2, 0.25) is 0 Å². The Morgan fingerprint density at radius 3 is 2.64 bits per heavy atom. The van der Waals surface area contributed by atoms with Crippen molar-refractivity contribution in [3.05, 3.63) is 40.5 Å². The average molecular weight is 619 g/mol. The molecule has 7 rings (SSSR count). The van der Waals surface area contributed by atoms with Crippen molar-refractivity contribution in [2.24, 2.45) is 0 Å². The zero-order valence-corrected chi connectivity index (χ0v) is 24.7. The number of aliphatic hydroxyl groups excluding tert-OH is 1. The number of nitrogens with one attached hydrogen (secondary N) is 1. The van der Waals surface area contributed by atoms with Gasteiger partial charge in [-0.2, -0.15) is 13.2 Å². The number of piperazine rings is 1. The molecule has 3 aromatic heterocycles. The second kappa shape index (κ2) is 11.6. The quantitative estimate of drug-likeness (QED) is 0.321. The number of fused-ring (bicyclic) bond motifs is 3. The van der Waals surface area contributed by atoms with E-state index in [-0.39, 0.29) is 18.2 Å². The van der Waals surface area contributed by atoms with Crippen LogP contribution in [-0.4, -0.2) is 75.6 Å². The minimum Gasteiger partial charge on any atom is -0.396 e. The lowest BCUT2D eigenvalue weighted by molar-refractivity contribution is -0.137. The van der Waals surface area contributed by atoms with Gasteiger partial charge in [-0.3, -0.25) is 4.90 Å². The van der Waals surface area contributed by atoms with Gasteiger partial charge in [0, 0.05) is 66.0 Å². The number of hydrogen-bond acceptors (Lipinski definition) is 10. The number of halogens is 3. The number of rotatable bonds is 8. The van der Waals surface area contributed by atoms with Gasteiger partial charge < -0.3 is 20.1 Å². The van der Waals surface area contributed by atoms with E-state index >= 15 is 0 Å². The fraction of sp³-hybridized carbons (Fsp3) is 0.552. The summed E-state index contributed by atoms with van der Waals surface area (Å²) in [5, 5.41) is 12.5. The minimum atomic E-state index is -4.58. The Morgan fingerprint density at radius 2 is 1.90 bits per heavy atom. The van der Waals surface area contributed by atoms with Crippen LogP contribution >= 0.6 is 23.1 Å². The van der Waals surface area contributed by atoms with Crippen molar-refractivity contribution in [3.63, 3.8) is 0 Å². The van der Waals surface area contributed by atoms with E-state index in [9.17, 15) is 18.3 Å². The lowest BCUT2D eigenvalue weighted by Gasteiger charge is -2.41. The van der Waals surface area contributed by atoms with Crippen LogP contribution in [0.25, 0.3) is 10.6 Å². The number of pyridine rings is 1. The van der Waals surface area contributed by atoms with Crippen LogP contribution in [-0.2, 0) is 17.5 Å². The van der Waals surface area contributed by atoms with Crippen LogP contribution in [0, 0.1) is 0 Å². The molecule has 1 aliphatic carbocycles. The number of alkyl halides is 3. The van der Waals surface area contributed by atoms with E-state index in [1.165, 1.54) is 11.3 Å². The van der Waals surface area contributed by atoms with Crippen molar-refractivity contribution >= 4 is 40.6 Å². The van der Waals surface area contributed by atoms with Gasteiger partial charge in [0.25, 0.3) is 0 Å². The Hall–Kier alpha value is -2.45. The monoisotopic (exact) mass is 618 g/mol. The van der Waals surface area contributed by atoms with Crippen LogP contribution in [0.15, 0.2) is 29.3 Å². The fourth-order valence-electron chi connectivity index (χ4n) is 6.29. The molecule has 0 amide bonds. The van der Waals surface area contributed by atoms with Crippen molar-refractivity contribution in [1.82, 2.24) is 19.9 Å². The van der Waals surface area contributed by atoms with Crippen LogP contribution < -0.4 is 10.2 Å². The molecule has 3 aromatic rings. The molecule has 0 radical (unpaired) electrons. The highest BCUT2D eigenvalue weighted by atomic mass is 32.2. The first-order valence-electron chi connectivity index (χ1n) is 14.5. The smallest absolute Gasteiger partial charge is 0.396 e. The summed E-state index contributed by atoms with van der Waals surface area (Å²) in [6.07, 6.45) is 1.48. The van der Waals surface area contributed by atoms with Crippen molar-refractivity contribution in [2.45, 2.75) is 67.8 Å². The van der Waals surface area contributed by atoms with E-state index in [4.69, 9.17) is 9.72 Å². The number of aliphatic hydroxyl groups is 1. The predicted molar refractivity (Wildman–Crippen MR) is 158 cm³/mol. The van der Waals surface area contributed by atoms with Gasteiger partial charge in [0.05, 0.1) is 35.2 Å². The van der Waals surface area contributed by atoms with E-state index in [0.29, 0.717) is 36.1 Å². The van der Waals surface area contributed by atoms with Crippen molar-refractivity contribution < 1.29 is 23.0 Å². The average Bonchev–Trinajstić information content (AvgIpc) is 3.74. The van der Waals surface area contributed by atoms with Gasteiger partial charge in [0.2, 0.25) is 5.95 Å². The molecule has 0 spiro atoms. The highest BCUT2D eigenvalue weighted by molar-refractivity contribution is 7.99. The number of aromatic nitrogens is 3. The van der Waals surface area contributed by atoms with Crippen LogP contribution in [0.1, 0.15) is 54.2 Å². The van der Waals surface area contributed by atoms with Crippen molar-refractivity contribution in [2.75, 3.05) is 48.8 Å². The third-order valence-corrected chi connectivity index (χ3v) is 10.8. The fourth-order valence-corrected chi connectivity index (χ4v) is 8.51. The van der Waals surface area contributed by atoms with Crippen molar-refractivity contribution in [1.29, 1.82) is 0 Å². The molecule has 3 aliphatic heterocycles. The van der Waals surface area contributed by atoms with Gasteiger partial charge >= 0.3 is 6.18 Å². The second-order valence-electron chi connectivity index (χ2n) is 11.4. The second-order valence-corrected chi connectivity index (χ2v) is 13.6. The largest absolute Gasteiger partial charge is 0.420 e. The van der Waals surface area contributed by atoms with Gasteiger partial charge in [-0.15, -0.1) is 23.1 Å². The number of thiophene rings is 1. The van der Waals surface area contributed by atoms with E-state index < -0.39 is 11.7 Å². The third-order valence-electron chi connectivity index (χ3n) is 8.47. The summed E-state index contributed by atoms with van der Waals surface area (Å²) in [4.78, 5) is 20.8. The Bertz CT molecular complexity index is 1410. The maximum Gasteiger partial charge on any atom is 0.420 e. The SMILES string of the molecule is OCCCN1C2CCC1CN(c1ccc(Nc3ncc(C(F)(F)F)c(-c4cc5c(s4)COCCS5)n3)c(C3CC3)n1)C2.